The first kappa shape index (κ1) is 15.5. The van der Waals surface area contributed by atoms with Gasteiger partial charge in [-0.1, -0.05) is 29.8 Å². The van der Waals surface area contributed by atoms with Crippen molar-refractivity contribution >= 4 is 17.3 Å². The number of rotatable bonds is 4. The molecule has 0 aliphatic carbocycles. The topological polar surface area (TPSA) is 21.3 Å². The molecular weight excluding hydrogens is 303 g/mol. The van der Waals surface area contributed by atoms with E-state index in [9.17, 15) is 13.2 Å². The minimum Gasteiger partial charge on any atom is -0.495 e. The molecule has 0 aromatic heterocycles. The van der Waals surface area contributed by atoms with E-state index in [0.29, 0.717) is 16.5 Å². The van der Waals surface area contributed by atoms with Crippen LogP contribution in [0.3, 0.4) is 0 Å². The monoisotopic (exact) mass is 315 g/mol. The van der Waals surface area contributed by atoms with E-state index in [1.807, 2.05) is 0 Å². The Hall–Kier alpha value is -1.88. The number of hydrogen-bond donors (Lipinski definition) is 1. The summed E-state index contributed by atoms with van der Waals surface area (Å²) in [6.45, 7) is 0.0202. The van der Waals surface area contributed by atoms with E-state index in [0.717, 1.165) is 6.07 Å². The van der Waals surface area contributed by atoms with E-state index < -0.39 is 11.7 Å². The maximum Gasteiger partial charge on any atom is 0.416 e. The maximum absolute atomic E-state index is 12.9. The fraction of sp³-hybridized carbons (Fsp3) is 0.200. The van der Waals surface area contributed by atoms with Gasteiger partial charge in [-0.05, 0) is 29.8 Å². The van der Waals surface area contributed by atoms with E-state index in [4.69, 9.17) is 16.3 Å². The molecule has 0 aliphatic rings. The van der Waals surface area contributed by atoms with Gasteiger partial charge in [-0.15, -0.1) is 0 Å². The largest absolute Gasteiger partial charge is 0.495 e. The third kappa shape index (κ3) is 3.82. The van der Waals surface area contributed by atoms with Crippen LogP contribution in [-0.4, -0.2) is 7.11 Å². The van der Waals surface area contributed by atoms with Gasteiger partial charge in [-0.25, -0.2) is 0 Å². The summed E-state index contributed by atoms with van der Waals surface area (Å²) < 4.78 is 43.9. The Morgan fingerprint density at radius 2 is 1.86 bits per heavy atom. The lowest BCUT2D eigenvalue weighted by Gasteiger charge is -2.15. The highest BCUT2D eigenvalue weighted by Crippen LogP contribution is 2.33. The van der Waals surface area contributed by atoms with Crippen LogP contribution in [0.2, 0.25) is 5.02 Å². The van der Waals surface area contributed by atoms with Crippen molar-refractivity contribution in [3.8, 4) is 5.75 Å². The first-order chi connectivity index (χ1) is 9.91. The van der Waals surface area contributed by atoms with Crippen molar-refractivity contribution < 1.29 is 17.9 Å². The van der Waals surface area contributed by atoms with Gasteiger partial charge in [-0.2, -0.15) is 13.2 Å². The van der Waals surface area contributed by atoms with Crippen LogP contribution in [-0.2, 0) is 12.7 Å². The van der Waals surface area contributed by atoms with Crippen molar-refractivity contribution in [2.75, 3.05) is 12.4 Å². The van der Waals surface area contributed by atoms with E-state index >= 15 is 0 Å². The van der Waals surface area contributed by atoms with Crippen molar-refractivity contribution in [3.05, 3.63) is 58.6 Å². The number of alkyl halides is 3. The summed E-state index contributed by atoms with van der Waals surface area (Å²) in [4.78, 5) is 0. The molecule has 2 aromatic rings. The lowest BCUT2D eigenvalue weighted by Crippen LogP contribution is -2.11. The Balaban J connectivity index is 2.23. The molecule has 0 saturated heterocycles. The number of methoxy groups -OCH3 is 1. The normalized spacial score (nSPS) is 11.3. The van der Waals surface area contributed by atoms with Crippen LogP contribution in [0.5, 0.6) is 5.75 Å². The molecule has 0 radical (unpaired) electrons. The first-order valence-electron chi connectivity index (χ1n) is 6.14. The molecule has 0 saturated carbocycles. The molecule has 2 rings (SSSR count). The van der Waals surface area contributed by atoms with E-state index in [2.05, 4.69) is 5.32 Å². The molecule has 0 amide bonds. The molecule has 0 unspecified atom stereocenters. The highest BCUT2D eigenvalue weighted by Gasteiger charge is 2.32. The van der Waals surface area contributed by atoms with Crippen LogP contribution < -0.4 is 10.1 Å². The molecule has 1 N–H and O–H groups in total. The highest BCUT2D eigenvalue weighted by molar-refractivity contribution is 6.30. The minimum absolute atomic E-state index is 0.0202. The van der Waals surface area contributed by atoms with Crippen molar-refractivity contribution in [3.63, 3.8) is 0 Å². The Labute approximate surface area is 125 Å². The summed E-state index contributed by atoms with van der Waals surface area (Å²) in [5.41, 5.74) is 0.0486. The number of ether oxygens (including phenoxy) is 1. The molecule has 2 aromatic carbocycles. The van der Waals surface area contributed by atoms with Gasteiger partial charge in [0.05, 0.1) is 18.4 Å². The molecular formula is C15H13ClF3NO. The summed E-state index contributed by atoms with van der Waals surface area (Å²) in [5, 5.41) is 3.40. The van der Waals surface area contributed by atoms with E-state index in [1.165, 1.54) is 19.2 Å². The molecule has 0 heterocycles. The van der Waals surface area contributed by atoms with E-state index in [1.54, 1.807) is 24.3 Å². The Morgan fingerprint density at radius 3 is 2.52 bits per heavy atom. The maximum atomic E-state index is 12.9. The minimum atomic E-state index is -4.38. The summed E-state index contributed by atoms with van der Waals surface area (Å²) in [5.74, 6) is 0.517. The van der Waals surface area contributed by atoms with Crippen molar-refractivity contribution in [2.45, 2.75) is 12.7 Å². The Bertz CT molecular complexity index is 629. The van der Waals surface area contributed by atoms with Crippen LogP contribution in [0.15, 0.2) is 42.5 Å². The average molecular weight is 316 g/mol. The standard InChI is InChI=1S/C15H13ClF3NO/c1-21-14-7-6-11(16)8-13(14)20-9-10-4-2-3-5-12(10)15(17,18)19/h2-8,20H,9H2,1H3. The molecule has 0 fully saturated rings. The summed E-state index contributed by atoms with van der Waals surface area (Å²) in [6, 6.07) is 10.3. The summed E-state index contributed by atoms with van der Waals surface area (Å²) in [6.07, 6.45) is -4.38. The zero-order valence-electron chi connectivity index (χ0n) is 11.2. The van der Waals surface area contributed by atoms with Gasteiger partial charge >= 0.3 is 6.18 Å². The lowest BCUT2D eigenvalue weighted by atomic mass is 10.1. The van der Waals surface area contributed by atoms with Gasteiger partial charge in [0.25, 0.3) is 0 Å². The third-order valence-electron chi connectivity index (χ3n) is 2.95. The molecule has 0 aliphatic heterocycles. The van der Waals surface area contributed by atoms with Gasteiger partial charge in [0.2, 0.25) is 0 Å². The first-order valence-corrected chi connectivity index (χ1v) is 6.52. The fourth-order valence-corrected chi connectivity index (χ4v) is 2.13. The predicted octanol–water partition coefficient (Wildman–Crippen LogP) is 4.98. The van der Waals surface area contributed by atoms with Gasteiger partial charge in [0, 0.05) is 11.6 Å². The second kappa shape index (κ2) is 6.26. The number of nitrogens with one attached hydrogen (secondary N) is 1. The van der Waals surface area contributed by atoms with Crippen LogP contribution in [0.1, 0.15) is 11.1 Å². The molecule has 0 bridgehead atoms. The van der Waals surface area contributed by atoms with Gasteiger partial charge < -0.3 is 10.1 Å². The SMILES string of the molecule is COc1ccc(Cl)cc1NCc1ccccc1C(F)(F)F. The Morgan fingerprint density at radius 1 is 1.14 bits per heavy atom. The molecule has 0 spiro atoms. The van der Waals surface area contributed by atoms with Crippen LogP contribution in [0.25, 0.3) is 0 Å². The quantitative estimate of drug-likeness (QED) is 0.859. The van der Waals surface area contributed by atoms with Crippen molar-refractivity contribution in [2.24, 2.45) is 0 Å². The lowest BCUT2D eigenvalue weighted by molar-refractivity contribution is -0.138. The van der Waals surface area contributed by atoms with Crippen LogP contribution >= 0.6 is 11.6 Å². The zero-order valence-corrected chi connectivity index (χ0v) is 11.9. The molecule has 2 nitrogen and oxygen atoms in total. The molecule has 0 atom stereocenters. The number of benzene rings is 2. The predicted molar refractivity (Wildman–Crippen MR) is 76.8 cm³/mol. The van der Waals surface area contributed by atoms with Gasteiger partial charge in [-0.3, -0.25) is 0 Å². The molecule has 6 heteroatoms. The summed E-state index contributed by atoms with van der Waals surface area (Å²) in [7, 11) is 1.48. The highest BCUT2D eigenvalue weighted by atomic mass is 35.5. The number of anilines is 1. The van der Waals surface area contributed by atoms with Gasteiger partial charge in [0.15, 0.2) is 0 Å². The fourth-order valence-electron chi connectivity index (χ4n) is 1.96. The molecule has 112 valence electrons. The van der Waals surface area contributed by atoms with E-state index in [-0.39, 0.29) is 12.1 Å². The average Bonchev–Trinajstić information content (AvgIpc) is 2.44. The number of hydrogen-bond acceptors (Lipinski definition) is 2. The zero-order chi connectivity index (χ0) is 15.5. The second-order valence-corrected chi connectivity index (χ2v) is 4.79. The summed E-state index contributed by atoms with van der Waals surface area (Å²) >= 11 is 5.88. The second-order valence-electron chi connectivity index (χ2n) is 4.35. The number of halogens is 4. The Kier molecular flexibility index (Phi) is 4.63. The van der Waals surface area contributed by atoms with Crippen LogP contribution in [0.4, 0.5) is 18.9 Å². The molecule has 21 heavy (non-hydrogen) atoms. The van der Waals surface area contributed by atoms with Gasteiger partial charge in [0.1, 0.15) is 5.75 Å². The van der Waals surface area contributed by atoms with Crippen LogP contribution in [0, 0.1) is 0 Å². The smallest absolute Gasteiger partial charge is 0.416 e. The third-order valence-corrected chi connectivity index (χ3v) is 3.19. The van der Waals surface area contributed by atoms with Crippen molar-refractivity contribution in [1.82, 2.24) is 0 Å². The van der Waals surface area contributed by atoms with Crippen molar-refractivity contribution in [1.29, 1.82) is 0 Å².